The van der Waals surface area contributed by atoms with Crippen LogP contribution in [0.15, 0.2) is 29.2 Å². The molecular formula is C18H27NO3S. The third-order valence-electron chi connectivity index (χ3n) is 4.31. The van der Waals surface area contributed by atoms with Crippen molar-refractivity contribution >= 4 is 17.7 Å². The Balaban J connectivity index is 1.75. The minimum absolute atomic E-state index is 0.0562. The first-order chi connectivity index (χ1) is 10.8. The van der Waals surface area contributed by atoms with E-state index in [-0.39, 0.29) is 17.4 Å². The summed E-state index contributed by atoms with van der Waals surface area (Å²) in [4.78, 5) is 13.1. The standard InChI is InChI=1S/C18H27NO3S/c1-17(2,3)13-6-8-15(9-7-13)23-12-16(20)19-14-10-18(11-14,21-4)22-5/h6-9,14H,10-12H2,1-5H3,(H,19,20). The van der Waals surface area contributed by atoms with Crippen molar-refractivity contribution in [3.8, 4) is 0 Å². The fourth-order valence-electron chi connectivity index (χ4n) is 2.68. The quantitative estimate of drug-likeness (QED) is 0.639. The molecule has 5 heteroatoms. The predicted octanol–water partition coefficient (Wildman–Crippen LogP) is 3.34. The van der Waals surface area contributed by atoms with Crippen molar-refractivity contribution in [3.05, 3.63) is 29.8 Å². The fourth-order valence-corrected chi connectivity index (χ4v) is 3.39. The minimum atomic E-state index is -0.506. The van der Waals surface area contributed by atoms with Crippen molar-refractivity contribution in [2.75, 3.05) is 20.0 Å². The van der Waals surface area contributed by atoms with Gasteiger partial charge in [-0.3, -0.25) is 4.79 Å². The lowest BCUT2D eigenvalue weighted by molar-refractivity contribution is -0.258. The molecule has 2 rings (SSSR count). The Morgan fingerprint density at radius 3 is 2.26 bits per heavy atom. The van der Waals surface area contributed by atoms with E-state index in [2.05, 4.69) is 50.4 Å². The monoisotopic (exact) mass is 337 g/mol. The first kappa shape index (κ1) is 18.3. The Hall–Kier alpha value is -1.04. The first-order valence-corrected chi connectivity index (χ1v) is 8.89. The molecule has 0 radical (unpaired) electrons. The zero-order valence-electron chi connectivity index (χ0n) is 14.6. The maximum atomic E-state index is 12.0. The molecule has 0 unspecified atom stereocenters. The van der Waals surface area contributed by atoms with Crippen LogP contribution in [0, 0.1) is 0 Å². The molecule has 0 atom stereocenters. The summed E-state index contributed by atoms with van der Waals surface area (Å²) in [5, 5.41) is 3.03. The molecule has 0 aromatic heterocycles. The van der Waals surface area contributed by atoms with Crippen LogP contribution < -0.4 is 5.32 Å². The topological polar surface area (TPSA) is 47.6 Å². The Bertz CT molecular complexity index is 524. The van der Waals surface area contributed by atoms with Crippen LogP contribution in [0.1, 0.15) is 39.2 Å². The van der Waals surface area contributed by atoms with E-state index in [1.165, 1.54) is 5.56 Å². The number of ether oxygens (including phenoxy) is 2. The van der Waals surface area contributed by atoms with Gasteiger partial charge in [-0.2, -0.15) is 0 Å². The summed E-state index contributed by atoms with van der Waals surface area (Å²) in [5.74, 6) is -0.0210. The van der Waals surface area contributed by atoms with E-state index in [9.17, 15) is 4.79 Å². The lowest BCUT2D eigenvalue weighted by Gasteiger charge is -2.45. The highest BCUT2D eigenvalue weighted by Gasteiger charge is 2.45. The number of benzene rings is 1. The van der Waals surface area contributed by atoms with E-state index >= 15 is 0 Å². The molecule has 128 valence electrons. The second-order valence-corrected chi connectivity index (χ2v) is 8.10. The predicted molar refractivity (Wildman–Crippen MR) is 93.8 cm³/mol. The van der Waals surface area contributed by atoms with Gasteiger partial charge in [0.15, 0.2) is 5.79 Å². The van der Waals surface area contributed by atoms with Crippen LogP contribution in [0.2, 0.25) is 0 Å². The Labute approximate surface area is 143 Å². The van der Waals surface area contributed by atoms with E-state index in [0.717, 1.165) is 4.90 Å². The highest BCUT2D eigenvalue weighted by molar-refractivity contribution is 8.00. The largest absolute Gasteiger partial charge is 0.353 e. The van der Waals surface area contributed by atoms with Crippen molar-refractivity contribution in [1.29, 1.82) is 0 Å². The molecule has 1 aromatic carbocycles. The number of carbonyl (C=O) groups excluding carboxylic acids is 1. The zero-order valence-corrected chi connectivity index (χ0v) is 15.5. The van der Waals surface area contributed by atoms with Gasteiger partial charge in [0.25, 0.3) is 0 Å². The van der Waals surface area contributed by atoms with Crippen molar-refractivity contribution in [1.82, 2.24) is 5.32 Å². The van der Waals surface area contributed by atoms with E-state index in [4.69, 9.17) is 9.47 Å². The van der Waals surface area contributed by atoms with Gasteiger partial charge in [-0.25, -0.2) is 0 Å². The van der Waals surface area contributed by atoms with Crippen LogP contribution in [0.4, 0.5) is 0 Å². The molecule has 1 aliphatic carbocycles. The molecule has 0 spiro atoms. The summed E-state index contributed by atoms with van der Waals surface area (Å²) in [7, 11) is 3.28. The Morgan fingerprint density at radius 1 is 1.22 bits per heavy atom. The fraction of sp³-hybridized carbons (Fsp3) is 0.611. The average molecular weight is 337 g/mol. The summed E-state index contributed by atoms with van der Waals surface area (Å²) in [6.45, 7) is 6.59. The number of rotatable bonds is 6. The number of hydrogen-bond acceptors (Lipinski definition) is 4. The van der Waals surface area contributed by atoms with Crippen LogP contribution in [-0.2, 0) is 19.7 Å². The lowest BCUT2D eigenvalue weighted by Crippen LogP contribution is -2.57. The molecule has 0 saturated heterocycles. The molecule has 1 aliphatic rings. The van der Waals surface area contributed by atoms with Crippen LogP contribution in [-0.4, -0.2) is 37.7 Å². The molecule has 0 heterocycles. The normalized spacial score (nSPS) is 17.6. The molecule has 0 bridgehead atoms. The van der Waals surface area contributed by atoms with Crippen molar-refractivity contribution in [2.45, 2.75) is 55.8 Å². The summed E-state index contributed by atoms with van der Waals surface area (Å²) in [6.07, 6.45) is 1.41. The molecule has 23 heavy (non-hydrogen) atoms. The third-order valence-corrected chi connectivity index (χ3v) is 5.33. The zero-order chi connectivity index (χ0) is 17.1. The van der Waals surface area contributed by atoms with Crippen LogP contribution in [0.25, 0.3) is 0 Å². The second kappa shape index (κ2) is 7.24. The van der Waals surface area contributed by atoms with E-state index in [0.29, 0.717) is 18.6 Å². The van der Waals surface area contributed by atoms with E-state index < -0.39 is 5.79 Å². The van der Waals surface area contributed by atoms with Gasteiger partial charge in [0, 0.05) is 38.0 Å². The first-order valence-electron chi connectivity index (χ1n) is 7.91. The van der Waals surface area contributed by atoms with E-state index in [1.54, 1.807) is 26.0 Å². The highest BCUT2D eigenvalue weighted by atomic mass is 32.2. The van der Waals surface area contributed by atoms with Gasteiger partial charge in [-0.15, -0.1) is 11.8 Å². The van der Waals surface area contributed by atoms with Gasteiger partial charge in [0.05, 0.1) is 5.75 Å². The Morgan fingerprint density at radius 2 is 1.78 bits per heavy atom. The van der Waals surface area contributed by atoms with Crippen molar-refractivity contribution in [3.63, 3.8) is 0 Å². The maximum absolute atomic E-state index is 12.0. The summed E-state index contributed by atoms with van der Waals surface area (Å²) in [5.41, 5.74) is 1.45. The summed E-state index contributed by atoms with van der Waals surface area (Å²) in [6, 6.07) is 8.59. The van der Waals surface area contributed by atoms with Crippen LogP contribution in [0.5, 0.6) is 0 Å². The number of methoxy groups -OCH3 is 2. The highest BCUT2D eigenvalue weighted by Crippen LogP contribution is 2.36. The molecule has 1 saturated carbocycles. The van der Waals surface area contributed by atoms with Gasteiger partial charge in [0.1, 0.15) is 0 Å². The van der Waals surface area contributed by atoms with E-state index in [1.807, 2.05) is 0 Å². The SMILES string of the molecule is COC1(OC)CC(NC(=O)CSc2ccc(C(C)(C)C)cc2)C1. The number of carbonyl (C=O) groups is 1. The molecule has 1 amide bonds. The maximum Gasteiger partial charge on any atom is 0.230 e. The Kier molecular flexibility index (Phi) is 5.76. The summed E-state index contributed by atoms with van der Waals surface area (Å²) >= 11 is 1.56. The number of nitrogens with one attached hydrogen (secondary N) is 1. The number of hydrogen-bond donors (Lipinski definition) is 1. The van der Waals surface area contributed by atoms with Crippen molar-refractivity contribution in [2.24, 2.45) is 0 Å². The molecule has 1 aromatic rings. The molecule has 1 fully saturated rings. The number of amides is 1. The molecule has 4 nitrogen and oxygen atoms in total. The molecule has 0 aliphatic heterocycles. The smallest absolute Gasteiger partial charge is 0.230 e. The third kappa shape index (κ3) is 4.72. The summed E-state index contributed by atoms with van der Waals surface area (Å²) < 4.78 is 10.6. The lowest BCUT2D eigenvalue weighted by atomic mass is 9.85. The molecule has 1 N–H and O–H groups in total. The minimum Gasteiger partial charge on any atom is -0.353 e. The number of thioether (sulfide) groups is 1. The van der Waals surface area contributed by atoms with Crippen LogP contribution >= 0.6 is 11.8 Å². The van der Waals surface area contributed by atoms with Crippen molar-refractivity contribution < 1.29 is 14.3 Å². The van der Waals surface area contributed by atoms with Gasteiger partial charge < -0.3 is 14.8 Å². The van der Waals surface area contributed by atoms with Crippen LogP contribution in [0.3, 0.4) is 0 Å². The molecular weight excluding hydrogens is 310 g/mol. The van der Waals surface area contributed by atoms with Gasteiger partial charge in [-0.1, -0.05) is 32.9 Å². The van der Waals surface area contributed by atoms with Gasteiger partial charge in [-0.05, 0) is 23.1 Å². The second-order valence-electron chi connectivity index (χ2n) is 7.05. The van der Waals surface area contributed by atoms with Gasteiger partial charge in [0.2, 0.25) is 5.91 Å². The average Bonchev–Trinajstić information content (AvgIpc) is 2.48. The van der Waals surface area contributed by atoms with Gasteiger partial charge >= 0.3 is 0 Å².